The van der Waals surface area contributed by atoms with E-state index in [1.807, 2.05) is 17.0 Å². The summed E-state index contributed by atoms with van der Waals surface area (Å²) in [5.74, 6) is 0.616. The van der Waals surface area contributed by atoms with Crippen LogP contribution in [0.3, 0.4) is 0 Å². The van der Waals surface area contributed by atoms with Gasteiger partial charge in [-0.15, -0.1) is 0 Å². The zero-order valence-electron chi connectivity index (χ0n) is 13.7. The van der Waals surface area contributed by atoms with Crippen LogP contribution in [-0.4, -0.2) is 33.5 Å². The molecule has 0 saturated carbocycles. The van der Waals surface area contributed by atoms with Crippen LogP contribution in [0, 0.1) is 0 Å². The van der Waals surface area contributed by atoms with E-state index in [1.165, 1.54) is 0 Å². The molecule has 126 valence electrons. The Balaban J connectivity index is 1.70. The van der Waals surface area contributed by atoms with Gasteiger partial charge in [0.05, 0.1) is 0 Å². The lowest BCUT2D eigenvalue weighted by Crippen LogP contribution is -2.44. The van der Waals surface area contributed by atoms with E-state index in [9.17, 15) is 9.90 Å². The molecule has 1 saturated heterocycles. The molecule has 2 aromatic rings. The second-order valence-corrected chi connectivity index (χ2v) is 6.30. The maximum absolute atomic E-state index is 12.8. The first kappa shape index (κ1) is 16.3. The number of benzene rings is 1. The molecule has 0 aliphatic carbocycles. The molecule has 1 aliphatic heterocycles. The Morgan fingerprint density at radius 2 is 2.08 bits per heavy atom. The number of nitrogens with zero attached hydrogens (tertiary/aromatic N) is 2. The largest absolute Gasteiger partial charge is 0.508 e. The lowest BCUT2D eigenvalue weighted by atomic mass is 9.95. The Morgan fingerprint density at radius 3 is 2.88 bits per heavy atom. The number of nitrogen functional groups attached to an aromatic ring is 1. The SMILES string of the molecule is Nc1cccc(C(=O)N2CCCC[C@H]2CCc2cccc(O)c2)n1. The number of nitrogens with two attached hydrogens (primary N) is 1. The van der Waals surface area contributed by atoms with Gasteiger partial charge >= 0.3 is 0 Å². The van der Waals surface area contributed by atoms with Crippen molar-refractivity contribution in [3.05, 3.63) is 53.7 Å². The number of piperidine rings is 1. The summed E-state index contributed by atoms with van der Waals surface area (Å²) < 4.78 is 0. The minimum Gasteiger partial charge on any atom is -0.508 e. The molecule has 1 fully saturated rings. The monoisotopic (exact) mass is 325 g/mol. The second kappa shape index (κ2) is 7.34. The van der Waals surface area contributed by atoms with E-state index in [4.69, 9.17) is 5.73 Å². The molecule has 0 unspecified atom stereocenters. The highest BCUT2D eigenvalue weighted by Crippen LogP contribution is 2.24. The molecule has 3 N–H and O–H groups in total. The van der Waals surface area contributed by atoms with Gasteiger partial charge in [0, 0.05) is 12.6 Å². The van der Waals surface area contributed by atoms with Crippen LogP contribution >= 0.6 is 0 Å². The predicted molar refractivity (Wildman–Crippen MR) is 93.8 cm³/mol. The molecule has 2 heterocycles. The van der Waals surface area contributed by atoms with Gasteiger partial charge < -0.3 is 15.7 Å². The minimum absolute atomic E-state index is 0.0390. The van der Waals surface area contributed by atoms with Crippen LogP contribution in [0.2, 0.25) is 0 Å². The van der Waals surface area contributed by atoms with Crippen molar-refractivity contribution in [2.24, 2.45) is 0 Å². The van der Waals surface area contributed by atoms with Gasteiger partial charge in [-0.3, -0.25) is 4.79 Å². The molecular weight excluding hydrogens is 302 g/mol. The first-order valence-corrected chi connectivity index (χ1v) is 8.45. The van der Waals surface area contributed by atoms with Crippen molar-refractivity contribution < 1.29 is 9.90 Å². The van der Waals surface area contributed by atoms with E-state index < -0.39 is 0 Å². The molecule has 1 atom stereocenters. The lowest BCUT2D eigenvalue weighted by Gasteiger charge is -2.35. The number of carbonyl (C=O) groups excluding carboxylic acids is 1. The number of aromatic hydroxyl groups is 1. The predicted octanol–water partition coefficient (Wildman–Crippen LogP) is 3.00. The first-order valence-electron chi connectivity index (χ1n) is 8.45. The maximum atomic E-state index is 12.8. The Hall–Kier alpha value is -2.56. The zero-order chi connectivity index (χ0) is 16.9. The highest BCUT2D eigenvalue weighted by molar-refractivity contribution is 5.92. The highest BCUT2D eigenvalue weighted by atomic mass is 16.3. The van der Waals surface area contributed by atoms with Crippen LogP contribution in [0.25, 0.3) is 0 Å². The Kier molecular flexibility index (Phi) is 4.99. The van der Waals surface area contributed by atoms with E-state index in [0.29, 0.717) is 11.5 Å². The number of likely N-dealkylation sites (tertiary alicyclic amines) is 1. The molecule has 24 heavy (non-hydrogen) atoms. The van der Waals surface area contributed by atoms with E-state index in [2.05, 4.69) is 4.98 Å². The molecule has 1 aromatic heterocycles. The fraction of sp³-hybridized carbons (Fsp3) is 0.368. The smallest absolute Gasteiger partial charge is 0.272 e. The standard InChI is InChI=1S/C19H23N3O2/c20-18-9-4-8-17(21-18)19(24)22-12-2-1-6-15(22)11-10-14-5-3-7-16(23)13-14/h3-5,7-9,13,15,23H,1-2,6,10-12H2,(H2,20,21)/t15-/m0/s1. The number of hydrogen-bond acceptors (Lipinski definition) is 4. The third kappa shape index (κ3) is 3.85. The van der Waals surface area contributed by atoms with E-state index in [1.54, 1.807) is 30.3 Å². The first-order chi connectivity index (χ1) is 11.6. The van der Waals surface area contributed by atoms with Gasteiger partial charge in [0.15, 0.2) is 0 Å². The average molecular weight is 325 g/mol. The summed E-state index contributed by atoms with van der Waals surface area (Å²) in [6, 6.07) is 12.7. The number of pyridine rings is 1. The van der Waals surface area contributed by atoms with E-state index in [-0.39, 0.29) is 17.7 Å². The quantitative estimate of drug-likeness (QED) is 0.905. The molecular formula is C19H23N3O2. The van der Waals surface area contributed by atoms with Crippen molar-refractivity contribution in [2.75, 3.05) is 12.3 Å². The second-order valence-electron chi connectivity index (χ2n) is 6.30. The number of hydrogen-bond donors (Lipinski definition) is 2. The number of amides is 1. The Bertz CT molecular complexity index is 717. The Labute approximate surface area is 142 Å². The van der Waals surface area contributed by atoms with Gasteiger partial charge in [0.1, 0.15) is 17.3 Å². The van der Waals surface area contributed by atoms with Gasteiger partial charge in [-0.05, 0) is 61.9 Å². The Morgan fingerprint density at radius 1 is 1.25 bits per heavy atom. The van der Waals surface area contributed by atoms with Gasteiger partial charge in [-0.1, -0.05) is 18.2 Å². The topological polar surface area (TPSA) is 79.5 Å². The molecule has 1 aliphatic rings. The summed E-state index contributed by atoms with van der Waals surface area (Å²) >= 11 is 0. The molecule has 1 amide bonds. The normalized spacial score (nSPS) is 17.7. The molecule has 5 nitrogen and oxygen atoms in total. The van der Waals surface area contributed by atoms with Crippen LogP contribution in [0.15, 0.2) is 42.5 Å². The fourth-order valence-electron chi connectivity index (χ4n) is 3.33. The van der Waals surface area contributed by atoms with Crippen LogP contribution in [0.1, 0.15) is 41.7 Å². The molecule has 0 bridgehead atoms. The third-order valence-electron chi connectivity index (χ3n) is 4.55. The number of carbonyl (C=O) groups is 1. The molecule has 0 radical (unpaired) electrons. The van der Waals surface area contributed by atoms with Crippen LogP contribution < -0.4 is 5.73 Å². The number of phenols is 1. The van der Waals surface area contributed by atoms with Crippen LogP contribution in [-0.2, 0) is 6.42 Å². The van der Waals surface area contributed by atoms with Crippen LogP contribution in [0.4, 0.5) is 5.82 Å². The number of anilines is 1. The fourth-order valence-corrected chi connectivity index (χ4v) is 3.33. The summed E-state index contributed by atoms with van der Waals surface area (Å²) in [6.45, 7) is 0.764. The summed E-state index contributed by atoms with van der Waals surface area (Å²) in [5, 5.41) is 9.58. The van der Waals surface area contributed by atoms with Crippen molar-refractivity contribution >= 4 is 11.7 Å². The molecule has 5 heteroatoms. The van der Waals surface area contributed by atoms with Crippen molar-refractivity contribution in [3.8, 4) is 5.75 Å². The van der Waals surface area contributed by atoms with Crippen LogP contribution in [0.5, 0.6) is 5.75 Å². The number of aromatic nitrogens is 1. The molecule has 1 aromatic carbocycles. The molecule has 0 spiro atoms. The minimum atomic E-state index is -0.0390. The summed E-state index contributed by atoms with van der Waals surface area (Å²) in [6.07, 6.45) is 4.90. The van der Waals surface area contributed by atoms with E-state index >= 15 is 0 Å². The van der Waals surface area contributed by atoms with E-state index in [0.717, 1.165) is 44.2 Å². The summed E-state index contributed by atoms with van der Waals surface area (Å²) in [4.78, 5) is 18.9. The maximum Gasteiger partial charge on any atom is 0.272 e. The van der Waals surface area contributed by atoms with Gasteiger partial charge in [0.25, 0.3) is 5.91 Å². The van der Waals surface area contributed by atoms with Gasteiger partial charge in [0.2, 0.25) is 0 Å². The summed E-state index contributed by atoms with van der Waals surface area (Å²) in [7, 11) is 0. The number of rotatable bonds is 4. The summed E-state index contributed by atoms with van der Waals surface area (Å²) in [5.41, 5.74) is 7.21. The van der Waals surface area contributed by atoms with Crippen molar-refractivity contribution in [1.82, 2.24) is 9.88 Å². The van der Waals surface area contributed by atoms with Gasteiger partial charge in [-0.25, -0.2) is 4.98 Å². The number of phenolic OH excluding ortho intramolecular Hbond substituents is 1. The highest BCUT2D eigenvalue weighted by Gasteiger charge is 2.28. The number of aryl methyl sites for hydroxylation is 1. The lowest BCUT2D eigenvalue weighted by molar-refractivity contribution is 0.0596. The zero-order valence-corrected chi connectivity index (χ0v) is 13.7. The molecule has 3 rings (SSSR count). The van der Waals surface area contributed by atoms with Gasteiger partial charge in [-0.2, -0.15) is 0 Å². The van der Waals surface area contributed by atoms with Crippen molar-refractivity contribution in [3.63, 3.8) is 0 Å². The average Bonchev–Trinajstić information content (AvgIpc) is 2.60. The van der Waals surface area contributed by atoms with Crippen molar-refractivity contribution in [1.29, 1.82) is 0 Å². The van der Waals surface area contributed by atoms with Crippen molar-refractivity contribution in [2.45, 2.75) is 38.1 Å². The third-order valence-corrected chi connectivity index (χ3v) is 4.55.